The summed E-state index contributed by atoms with van der Waals surface area (Å²) in [7, 11) is 0. The maximum absolute atomic E-state index is 12.9. The third kappa shape index (κ3) is 5.37. The van der Waals surface area contributed by atoms with E-state index in [9.17, 15) is 4.79 Å². The van der Waals surface area contributed by atoms with Gasteiger partial charge in [0.15, 0.2) is 0 Å². The van der Waals surface area contributed by atoms with E-state index in [4.69, 9.17) is 16.6 Å². The van der Waals surface area contributed by atoms with Crippen molar-refractivity contribution >= 4 is 29.2 Å². The van der Waals surface area contributed by atoms with Gasteiger partial charge in [-0.3, -0.25) is 19.8 Å². The van der Waals surface area contributed by atoms with E-state index in [1.54, 1.807) is 24.3 Å². The molecule has 0 radical (unpaired) electrons. The number of nitrogens with zero attached hydrogens (tertiary/aromatic N) is 3. The minimum absolute atomic E-state index is 0.307. The lowest BCUT2D eigenvalue weighted by Crippen LogP contribution is -2.36. The molecule has 32 heavy (non-hydrogen) atoms. The zero-order valence-corrected chi connectivity index (χ0v) is 20.0. The highest BCUT2D eigenvalue weighted by atomic mass is 35.5. The molecule has 1 heterocycles. The lowest BCUT2D eigenvalue weighted by Gasteiger charge is -2.15. The molecule has 0 atom stereocenters. The van der Waals surface area contributed by atoms with Gasteiger partial charge in [-0.25, -0.2) is 0 Å². The average molecular weight is 452 g/mol. The topological polar surface area (TPSA) is 71.3 Å². The van der Waals surface area contributed by atoms with Crippen molar-refractivity contribution in [2.75, 3.05) is 11.9 Å². The van der Waals surface area contributed by atoms with E-state index in [2.05, 4.69) is 42.6 Å². The molecule has 1 amide bonds. The van der Waals surface area contributed by atoms with Gasteiger partial charge >= 0.3 is 0 Å². The summed E-state index contributed by atoms with van der Waals surface area (Å²) in [6.45, 7) is 11.6. The number of anilines is 1. The highest BCUT2D eigenvalue weighted by Gasteiger charge is 2.14. The molecule has 0 saturated carbocycles. The molecule has 168 valence electrons. The first kappa shape index (κ1) is 23.5. The van der Waals surface area contributed by atoms with Crippen molar-refractivity contribution in [1.82, 2.24) is 15.1 Å². The fraction of sp³-hybridized carbons (Fsp3) is 0.320. The maximum atomic E-state index is 12.9. The molecule has 0 aliphatic heterocycles. The first-order valence-electron chi connectivity index (χ1n) is 10.8. The summed E-state index contributed by atoms with van der Waals surface area (Å²) in [5.74, 6) is 0.0835. The first-order valence-corrected chi connectivity index (χ1v) is 11.2. The number of aliphatic imine (C=N–C) groups is 1. The van der Waals surface area contributed by atoms with Gasteiger partial charge in [-0.15, -0.1) is 0 Å². The highest BCUT2D eigenvalue weighted by molar-refractivity contribution is 6.34. The Morgan fingerprint density at radius 3 is 2.53 bits per heavy atom. The van der Waals surface area contributed by atoms with Crippen LogP contribution in [0, 0.1) is 27.7 Å². The van der Waals surface area contributed by atoms with Crippen LogP contribution >= 0.6 is 11.6 Å². The molecule has 0 saturated heterocycles. The van der Waals surface area contributed by atoms with Crippen molar-refractivity contribution < 1.29 is 4.79 Å². The molecule has 0 aliphatic rings. The molecule has 6 nitrogen and oxygen atoms in total. The number of carbonyl (C=O) groups excluding carboxylic acids is 1. The second kappa shape index (κ2) is 10.5. The van der Waals surface area contributed by atoms with Gasteiger partial charge in [-0.05, 0) is 75.9 Å². The Morgan fingerprint density at radius 2 is 1.84 bits per heavy atom. The molecule has 2 aromatic carbocycles. The number of hydrogen-bond acceptors (Lipinski definition) is 3. The van der Waals surface area contributed by atoms with Crippen LogP contribution in [0.15, 0.2) is 47.5 Å². The molecule has 0 bridgehead atoms. The van der Waals surface area contributed by atoms with Gasteiger partial charge in [0.1, 0.15) is 0 Å². The van der Waals surface area contributed by atoms with Crippen LogP contribution in [0.2, 0.25) is 5.02 Å². The predicted molar refractivity (Wildman–Crippen MR) is 132 cm³/mol. The summed E-state index contributed by atoms with van der Waals surface area (Å²) >= 11 is 6.21. The molecule has 2 N–H and O–H groups in total. The summed E-state index contributed by atoms with van der Waals surface area (Å²) in [4.78, 5) is 17.6. The molecule has 1 aromatic heterocycles. The number of benzene rings is 2. The second-order valence-electron chi connectivity index (χ2n) is 7.75. The number of aromatic nitrogens is 2. The van der Waals surface area contributed by atoms with Crippen LogP contribution in [0.4, 0.5) is 5.69 Å². The van der Waals surface area contributed by atoms with E-state index < -0.39 is 0 Å². The van der Waals surface area contributed by atoms with Gasteiger partial charge in [0, 0.05) is 24.5 Å². The number of halogens is 1. The van der Waals surface area contributed by atoms with E-state index in [0.717, 1.165) is 41.2 Å². The van der Waals surface area contributed by atoms with Gasteiger partial charge in [0.05, 0.1) is 16.3 Å². The van der Waals surface area contributed by atoms with Gasteiger partial charge in [-0.2, -0.15) is 5.10 Å². The Kier molecular flexibility index (Phi) is 7.70. The van der Waals surface area contributed by atoms with Crippen LogP contribution in [0.3, 0.4) is 0 Å². The van der Waals surface area contributed by atoms with Crippen LogP contribution < -0.4 is 10.6 Å². The molecule has 3 rings (SSSR count). The number of guanidine groups is 1. The Morgan fingerprint density at radius 1 is 1.09 bits per heavy atom. The summed E-state index contributed by atoms with van der Waals surface area (Å²) in [5, 5.41) is 11.2. The van der Waals surface area contributed by atoms with E-state index in [-0.39, 0.29) is 5.91 Å². The minimum Gasteiger partial charge on any atom is -0.326 e. The van der Waals surface area contributed by atoms with Gasteiger partial charge in [0.2, 0.25) is 5.96 Å². The zero-order valence-electron chi connectivity index (χ0n) is 19.3. The van der Waals surface area contributed by atoms with Crippen LogP contribution in [0.25, 0.3) is 0 Å². The van der Waals surface area contributed by atoms with Crippen molar-refractivity contribution in [3.05, 3.63) is 81.1 Å². The van der Waals surface area contributed by atoms with Crippen molar-refractivity contribution in [3.8, 4) is 0 Å². The number of carbonyl (C=O) groups is 1. The van der Waals surface area contributed by atoms with Crippen LogP contribution in [-0.2, 0) is 13.0 Å². The van der Waals surface area contributed by atoms with E-state index in [1.807, 2.05) is 30.7 Å². The SMILES string of the molecule is CCn1nc(C)c(CCN=C(NC(=O)c2ccccc2Cl)Nc2cccc(C)c2C)c1C. The molecule has 7 heteroatoms. The van der Waals surface area contributed by atoms with E-state index in [0.29, 0.717) is 23.1 Å². The summed E-state index contributed by atoms with van der Waals surface area (Å²) in [6.07, 6.45) is 0.734. The summed E-state index contributed by atoms with van der Waals surface area (Å²) in [6, 6.07) is 13.0. The van der Waals surface area contributed by atoms with Crippen molar-refractivity contribution in [1.29, 1.82) is 0 Å². The van der Waals surface area contributed by atoms with Crippen molar-refractivity contribution in [3.63, 3.8) is 0 Å². The molecule has 0 spiro atoms. The van der Waals surface area contributed by atoms with Crippen LogP contribution in [-0.4, -0.2) is 28.2 Å². The second-order valence-corrected chi connectivity index (χ2v) is 8.16. The molecule has 0 fully saturated rings. The standard InChI is InChI=1S/C25H30ClN5O/c1-6-31-19(5)20(18(4)30-31)14-15-27-25(28-23-13-9-10-16(2)17(23)3)29-24(32)21-11-7-8-12-22(21)26/h7-13H,6,14-15H2,1-5H3,(H2,27,28,29,32). The van der Waals surface area contributed by atoms with E-state index >= 15 is 0 Å². The molecular formula is C25H30ClN5O. The smallest absolute Gasteiger partial charge is 0.259 e. The van der Waals surface area contributed by atoms with Gasteiger partial charge in [-0.1, -0.05) is 35.9 Å². The van der Waals surface area contributed by atoms with Crippen molar-refractivity contribution in [2.45, 2.75) is 47.6 Å². The lowest BCUT2D eigenvalue weighted by molar-refractivity contribution is 0.0977. The van der Waals surface area contributed by atoms with Crippen LogP contribution in [0.1, 0.15) is 45.4 Å². The first-order chi connectivity index (χ1) is 15.3. The maximum Gasteiger partial charge on any atom is 0.259 e. The number of hydrogen-bond donors (Lipinski definition) is 2. The summed E-state index contributed by atoms with van der Waals surface area (Å²) in [5.41, 5.74) is 6.93. The zero-order chi connectivity index (χ0) is 23.3. The lowest BCUT2D eigenvalue weighted by atomic mass is 10.1. The third-order valence-corrected chi connectivity index (χ3v) is 6.00. The number of nitrogens with one attached hydrogen (secondary N) is 2. The Bertz CT molecular complexity index is 1150. The quantitative estimate of drug-likeness (QED) is 0.398. The molecule has 0 unspecified atom stereocenters. The van der Waals surface area contributed by atoms with Crippen molar-refractivity contribution in [2.24, 2.45) is 4.99 Å². The normalized spacial score (nSPS) is 11.5. The minimum atomic E-state index is -0.307. The Labute approximate surface area is 194 Å². The van der Waals surface area contributed by atoms with Crippen LogP contribution in [0.5, 0.6) is 0 Å². The number of rotatable bonds is 6. The number of aryl methyl sites for hydroxylation is 3. The Balaban J connectivity index is 1.84. The fourth-order valence-electron chi connectivity index (χ4n) is 3.63. The van der Waals surface area contributed by atoms with Gasteiger partial charge in [0.25, 0.3) is 5.91 Å². The Hall–Kier alpha value is -3.12. The number of amides is 1. The third-order valence-electron chi connectivity index (χ3n) is 5.67. The molecule has 0 aliphatic carbocycles. The van der Waals surface area contributed by atoms with Gasteiger partial charge < -0.3 is 5.32 Å². The fourth-order valence-corrected chi connectivity index (χ4v) is 3.85. The molecular weight excluding hydrogens is 422 g/mol. The average Bonchev–Trinajstić information content (AvgIpc) is 3.04. The molecule has 3 aromatic rings. The highest BCUT2D eigenvalue weighted by Crippen LogP contribution is 2.19. The van der Waals surface area contributed by atoms with E-state index in [1.165, 1.54) is 5.56 Å². The monoisotopic (exact) mass is 451 g/mol. The largest absolute Gasteiger partial charge is 0.326 e. The predicted octanol–water partition coefficient (Wildman–Crippen LogP) is 5.23. The summed E-state index contributed by atoms with van der Waals surface area (Å²) < 4.78 is 2.00.